The first-order valence-electron chi connectivity index (χ1n) is 23.2. The normalized spacial score (nSPS) is 11.6. The van der Waals surface area contributed by atoms with E-state index >= 15 is 0 Å². The number of aromatic amines is 1. The van der Waals surface area contributed by atoms with Gasteiger partial charge < -0.3 is 19.4 Å². The molecule has 0 radical (unpaired) electrons. The molecule has 0 aliphatic carbocycles. The molecule has 6 heteroatoms. The van der Waals surface area contributed by atoms with E-state index in [4.69, 9.17) is 9.47 Å². The zero-order valence-electron chi connectivity index (χ0n) is 35.1. The number of nitrogens with zero attached hydrogens (tertiary/aromatic N) is 2. The first-order valence-corrected chi connectivity index (χ1v) is 23.2. The van der Waals surface area contributed by atoms with Crippen LogP contribution < -0.4 is 0 Å². The molecule has 0 aliphatic heterocycles. The van der Waals surface area contributed by atoms with Crippen molar-refractivity contribution in [1.82, 2.24) is 14.9 Å². The van der Waals surface area contributed by atoms with Crippen LogP contribution in [0.2, 0.25) is 0 Å². The standard InChI is InChI=1S/C46H89N3O3/c1-3-5-7-9-11-13-15-17-19-21-23-25-27-29-31-33-37-49(39-40-51-41-42-52-46(50)36-35-45-43-47-44-48-45)38-34-32-30-28-26-24-22-20-18-16-14-12-10-8-6-4-2/h43-44H,3-42H2,1-2H3,(H,47,48). The third-order valence-electron chi connectivity index (χ3n) is 10.9. The van der Waals surface area contributed by atoms with Crippen molar-refractivity contribution < 1.29 is 14.3 Å². The van der Waals surface area contributed by atoms with E-state index in [1.165, 1.54) is 219 Å². The molecule has 0 aromatic carbocycles. The highest BCUT2D eigenvalue weighted by atomic mass is 16.6. The van der Waals surface area contributed by atoms with E-state index in [0.29, 0.717) is 32.7 Å². The molecule has 0 atom stereocenters. The van der Waals surface area contributed by atoms with Crippen molar-refractivity contribution in [3.63, 3.8) is 0 Å². The Hall–Kier alpha value is -1.40. The Morgan fingerprint density at radius 1 is 0.519 bits per heavy atom. The van der Waals surface area contributed by atoms with E-state index in [1.54, 1.807) is 12.5 Å². The van der Waals surface area contributed by atoms with E-state index < -0.39 is 0 Å². The molecular formula is C46H89N3O3. The smallest absolute Gasteiger partial charge is 0.306 e. The summed E-state index contributed by atoms with van der Waals surface area (Å²) in [5.41, 5.74) is 0.960. The van der Waals surface area contributed by atoms with Gasteiger partial charge in [0.05, 0.1) is 26.0 Å². The van der Waals surface area contributed by atoms with Crippen LogP contribution in [0.4, 0.5) is 0 Å². The number of esters is 1. The minimum atomic E-state index is -0.174. The maximum atomic E-state index is 12.0. The van der Waals surface area contributed by atoms with Crippen molar-refractivity contribution in [2.45, 2.75) is 232 Å². The van der Waals surface area contributed by atoms with Crippen LogP contribution in [0.25, 0.3) is 0 Å². The van der Waals surface area contributed by atoms with Gasteiger partial charge in [0.15, 0.2) is 0 Å². The zero-order valence-corrected chi connectivity index (χ0v) is 35.1. The summed E-state index contributed by atoms with van der Waals surface area (Å²) in [4.78, 5) is 21.7. The topological polar surface area (TPSA) is 67.5 Å². The molecule has 0 saturated heterocycles. The van der Waals surface area contributed by atoms with Crippen molar-refractivity contribution in [2.24, 2.45) is 0 Å². The molecular weight excluding hydrogens is 643 g/mol. The highest BCUT2D eigenvalue weighted by Crippen LogP contribution is 2.16. The highest BCUT2D eigenvalue weighted by Gasteiger charge is 2.07. The Labute approximate surface area is 324 Å². The summed E-state index contributed by atoms with van der Waals surface area (Å²) in [7, 11) is 0. The van der Waals surface area contributed by atoms with E-state index in [0.717, 1.165) is 12.2 Å². The number of unbranched alkanes of at least 4 members (excludes halogenated alkanes) is 30. The van der Waals surface area contributed by atoms with E-state index in [1.807, 2.05) is 0 Å². The van der Waals surface area contributed by atoms with Crippen molar-refractivity contribution in [2.75, 3.05) is 39.5 Å². The van der Waals surface area contributed by atoms with E-state index in [2.05, 4.69) is 28.7 Å². The minimum Gasteiger partial charge on any atom is -0.463 e. The van der Waals surface area contributed by atoms with Gasteiger partial charge in [-0.2, -0.15) is 0 Å². The predicted molar refractivity (Wildman–Crippen MR) is 224 cm³/mol. The van der Waals surface area contributed by atoms with Crippen molar-refractivity contribution in [3.05, 3.63) is 18.2 Å². The predicted octanol–water partition coefficient (Wildman–Crippen LogP) is 13.7. The van der Waals surface area contributed by atoms with Crippen LogP contribution in [0.5, 0.6) is 0 Å². The summed E-state index contributed by atoms with van der Waals surface area (Å²) >= 11 is 0. The molecule has 306 valence electrons. The van der Waals surface area contributed by atoms with Crippen LogP contribution in [0.1, 0.15) is 231 Å². The molecule has 0 fully saturated rings. The van der Waals surface area contributed by atoms with Gasteiger partial charge in [0.2, 0.25) is 0 Å². The number of imidazole rings is 1. The molecule has 52 heavy (non-hydrogen) atoms. The number of nitrogens with one attached hydrogen (secondary N) is 1. The molecule has 1 heterocycles. The molecule has 0 aliphatic rings. The molecule has 0 bridgehead atoms. The largest absolute Gasteiger partial charge is 0.463 e. The lowest BCUT2D eigenvalue weighted by atomic mass is 10.0. The van der Waals surface area contributed by atoms with Crippen LogP contribution >= 0.6 is 0 Å². The number of carbonyl (C=O) groups is 1. The average Bonchev–Trinajstić information content (AvgIpc) is 3.68. The quantitative estimate of drug-likeness (QED) is 0.0535. The number of aromatic nitrogens is 2. The van der Waals surface area contributed by atoms with Gasteiger partial charge in [-0.25, -0.2) is 4.98 Å². The van der Waals surface area contributed by atoms with Gasteiger partial charge in [0.1, 0.15) is 6.61 Å². The fraction of sp³-hybridized carbons (Fsp3) is 0.913. The van der Waals surface area contributed by atoms with Crippen LogP contribution in [0.3, 0.4) is 0 Å². The fourth-order valence-electron chi connectivity index (χ4n) is 7.34. The lowest BCUT2D eigenvalue weighted by Crippen LogP contribution is -2.30. The number of rotatable bonds is 43. The van der Waals surface area contributed by atoms with Gasteiger partial charge in [0, 0.05) is 18.4 Å². The molecule has 0 saturated carbocycles. The first kappa shape index (κ1) is 48.6. The van der Waals surface area contributed by atoms with Gasteiger partial charge in [-0.1, -0.05) is 206 Å². The fourth-order valence-corrected chi connectivity index (χ4v) is 7.34. The van der Waals surface area contributed by atoms with E-state index in [-0.39, 0.29) is 5.97 Å². The van der Waals surface area contributed by atoms with Crippen LogP contribution in [-0.4, -0.2) is 60.3 Å². The third kappa shape index (κ3) is 35.6. The summed E-state index contributed by atoms with van der Waals surface area (Å²) in [6.45, 7) is 9.46. The van der Waals surface area contributed by atoms with Crippen molar-refractivity contribution in [3.8, 4) is 0 Å². The second-order valence-corrected chi connectivity index (χ2v) is 15.9. The average molecular weight is 732 g/mol. The number of H-pyrrole nitrogens is 1. The molecule has 1 N–H and O–H groups in total. The Morgan fingerprint density at radius 2 is 0.904 bits per heavy atom. The lowest BCUT2D eigenvalue weighted by molar-refractivity contribution is -0.145. The van der Waals surface area contributed by atoms with Gasteiger partial charge >= 0.3 is 5.97 Å². The maximum absolute atomic E-state index is 12.0. The molecule has 1 aromatic heterocycles. The number of aryl methyl sites for hydroxylation is 1. The van der Waals surface area contributed by atoms with Crippen molar-refractivity contribution in [1.29, 1.82) is 0 Å². The Morgan fingerprint density at radius 3 is 1.27 bits per heavy atom. The van der Waals surface area contributed by atoms with Gasteiger partial charge in [-0.05, 0) is 32.4 Å². The second-order valence-electron chi connectivity index (χ2n) is 15.9. The SMILES string of the molecule is CCCCCCCCCCCCCCCCCCN(CCCCCCCCCCCCCCCCCC)CCOCCOC(=O)CCc1cnc[nH]1. The number of hydrogen-bond acceptors (Lipinski definition) is 5. The van der Waals surface area contributed by atoms with Gasteiger partial charge in [0.25, 0.3) is 0 Å². The van der Waals surface area contributed by atoms with Gasteiger partial charge in [-0.3, -0.25) is 4.79 Å². The molecule has 0 unspecified atom stereocenters. The zero-order chi connectivity index (χ0) is 37.3. The molecule has 1 aromatic rings. The number of hydrogen-bond donors (Lipinski definition) is 1. The monoisotopic (exact) mass is 732 g/mol. The van der Waals surface area contributed by atoms with Crippen molar-refractivity contribution >= 4 is 5.97 Å². The minimum absolute atomic E-state index is 0.174. The summed E-state index contributed by atoms with van der Waals surface area (Å²) in [5, 5.41) is 0. The summed E-state index contributed by atoms with van der Waals surface area (Å²) in [5.74, 6) is -0.174. The van der Waals surface area contributed by atoms with E-state index in [9.17, 15) is 4.79 Å². The summed E-state index contributed by atoms with van der Waals surface area (Å²) in [6, 6.07) is 0. The van der Waals surface area contributed by atoms with Crippen LogP contribution in [-0.2, 0) is 20.7 Å². The number of ether oxygens (including phenoxy) is 2. The molecule has 0 amide bonds. The highest BCUT2D eigenvalue weighted by molar-refractivity contribution is 5.69. The summed E-state index contributed by atoms with van der Waals surface area (Å²) < 4.78 is 11.3. The first-order chi connectivity index (χ1) is 25.8. The molecule has 0 spiro atoms. The van der Waals surface area contributed by atoms with Gasteiger partial charge in [-0.15, -0.1) is 0 Å². The second kappa shape index (κ2) is 40.8. The third-order valence-corrected chi connectivity index (χ3v) is 10.9. The Balaban J connectivity index is 2.09. The lowest BCUT2D eigenvalue weighted by Gasteiger charge is -2.22. The Bertz CT molecular complexity index is 782. The Kier molecular flexibility index (Phi) is 38.1. The molecule has 1 rings (SSSR count). The summed E-state index contributed by atoms with van der Waals surface area (Å²) in [6.07, 6.45) is 49.7. The number of carbonyl (C=O) groups excluding carboxylic acids is 1. The van der Waals surface area contributed by atoms with Crippen LogP contribution in [0, 0.1) is 0 Å². The maximum Gasteiger partial charge on any atom is 0.306 e. The molecule has 6 nitrogen and oxygen atoms in total. The van der Waals surface area contributed by atoms with Crippen LogP contribution in [0.15, 0.2) is 12.5 Å².